The molecule has 0 aliphatic heterocycles. The SMILES string of the molecule is O=C(O)c1cccc(C(=O)Cl)c1C1CCCCC1. The summed E-state index contributed by atoms with van der Waals surface area (Å²) in [5.41, 5.74) is 1.20. The zero-order chi connectivity index (χ0) is 13.1. The van der Waals surface area contributed by atoms with Crippen LogP contribution >= 0.6 is 11.6 Å². The van der Waals surface area contributed by atoms with E-state index in [0.717, 1.165) is 25.7 Å². The Morgan fingerprint density at radius 2 is 1.72 bits per heavy atom. The molecule has 4 heteroatoms. The lowest BCUT2D eigenvalue weighted by Gasteiger charge is -2.25. The Morgan fingerprint density at radius 3 is 2.28 bits per heavy atom. The van der Waals surface area contributed by atoms with Gasteiger partial charge in [-0.25, -0.2) is 4.79 Å². The number of carboxylic acid groups (broad SMARTS) is 1. The maximum Gasteiger partial charge on any atom is 0.335 e. The Balaban J connectivity index is 2.52. The molecule has 96 valence electrons. The van der Waals surface area contributed by atoms with Gasteiger partial charge in [0, 0.05) is 5.56 Å². The summed E-state index contributed by atoms with van der Waals surface area (Å²) in [6.07, 6.45) is 5.20. The van der Waals surface area contributed by atoms with Gasteiger partial charge in [-0.15, -0.1) is 0 Å². The lowest BCUT2D eigenvalue weighted by Crippen LogP contribution is -2.14. The van der Waals surface area contributed by atoms with Crippen LogP contribution in [0.2, 0.25) is 0 Å². The van der Waals surface area contributed by atoms with Gasteiger partial charge >= 0.3 is 5.97 Å². The number of aromatic carboxylic acids is 1. The highest BCUT2D eigenvalue weighted by Gasteiger charge is 2.25. The minimum atomic E-state index is -0.990. The fraction of sp³-hybridized carbons (Fsp3) is 0.429. The second kappa shape index (κ2) is 5.53. The lowest BCUT2D eigenvalue weighted by molar-refractivity contribution is 0.0694. The maximum atomic E-state index is 11.5. The van der Waals surface area contributed by atoms with Crippen molar-refractivity contribution < 1.29 is 14.7 Å². The van der Waals surface area contributed by atoms with Gasteiger partial charge in [0.25, 0.3) is 5.24 Å². The number of hydrogen-bond acceptors (Lipinski definition) is 2. The molecule has 0 spiro atoms. The molecule has 0 saturated heterocycles. The molecule has 0 bridgehead atoms. The molecule has 18 heavy (non-hydrogen) atoms. The summed E-state index contributed by atoms with van der Waals surface area (Å²) in [6.45, 7) is 0. The van der Waals surface area contributed by atoms with Gasteiger partial charge < -0.3 is 5.11 Å². The second-order valence-corrected chi connectivity index (χ2v) is 5.02. The van der Waals surface area contributed by atoms with Crippen molar-refractivity contribution >= 4 is 22.8 Å². The summed E-state index contributed by atoms with van der Waals surface area (Å²) >= 11 is 5.57. The summed E-state index contributed by atoms with van der Waals surface area (Å²) in [5, 5.41) is 8.68. The highest BCUT2D eigenvalue weighted by atomic mass is 35.5. The third kappa shape index (κ3) is 2.56. The Kier molecular flexibility index (Phi) is 4.02. The van der Waals surface area contributed by atoms with Crippen LogP contribution in [0.3, 0.4) is 0 Å². The highest BCUT2D eigenvalue weighted by molar-refractivity contribution is 6.68. The molecule has 3 nitrogen and oxygen atoms in total. The van der Waals surface area contributed by atoms with Crippen LogP contribution in [0.1, 0.15) is 64.3 Å². The van der Waals surface area contributed by atoms with Crippen molar-refractivity contribution in [2.75, 3.05) is 0 Å². The van der Waals surface area contributed by atoms with E-state index in [0.29, 0.717) is 11.1 Å². The number of halogens is 1. The summed E-state index contributed by atoms with van der Waals surface area (Å²) in [6, 6.07) is 4.74. The predicted molar refractivity (Wildman–Crippen MR) is 69.4 cm³/mol. The number of hydrogen-bond donors (Lipinski definition) is 1. The van der Waals surface area contributed by atoms with E-state index in [2.05, 4.69) is 0 Å². The average molecular weight is 267 g/mol. The molecule has 1 aromatic carbocycles. The molecular weight excluding hydrogens is 252 g/mol. The molecule has 1 fully saturated rings. The van der Waals surface area contributed by atoms with Crippen molar-refractivity contribution in [3.05, 3.63) is 34.9 Å². The standard InChI is InChI=1S/C14H15ClO3/c15-13(16)10-7-4-8-11(14(17)18)12(10)9-5-2-1-3-6-9/h4,7-9H,1-3,5-6H2,(H,17,18). The normalized spacial score (nSPS) is 16.5. The van der Waals surface area contributed by atoms with E-state index in [1.807, 2.05) is 0 Å². The summed E-state index contributed by atoms with van der Waals surface area (Å²) in [4.78, 5) is 22.7. The van der Waals surface area contributed by atoms with Crippen molar-refractivity contribution in [2.24, 2.45) is 0 Å². The van der Waals surface area contributed by atoms with E-state index in [9.17, 15) is 14.7 Å². The van der Waals surface area contributed by atoms with Crippen LogP contribution in [0.25, 0.3) is 0 Å². The Labute approximate surface area is 111 Å². The zero-order valence-corrected chi connectivity index (χ0v) is 10.7. The van der Waals surface area contributed by atoms with Crippen molar-refractivity contribution in [2.45, 2.75) is 38.0 Å². The first kappa shape index (κ1) is 13.1. The summed E-state index contributed by atoms with van der Waals surface area (Å²) < 4.78 is 0. The Bertz CT molecular complexity index is 444. The molecule has 1 aromatic rings. The van der Waals surface area contributed by atoms with Gasteiger partial charge in [-0.2, -0.15) is 0 Å². The minimum absolute atomic E-state index is 0.142. The highest BCUT2D eigenvalue weighted by Crippen LogP contribution is 2.36. The van der Waals surface area contributed by atoms with E-state index < -0.39 is 11.2 Å². The maximum absolute atomic E-state index is 11.5. The smallest absolute Gasteiger partial charge is 0.335 e. The number of carbonyl (C=O) groups excluding carboxylic acids is 1. The van der Waals surface area contributed by atoms with Crippen molar-refractivity contribution in [1.82, 2.24) is 0 Å². The fourth-order valence-electron chi connectivity index (χ4n) is 2.75. The molecule has 0 heterocycles. The molecule has 0 aromatic heterocycles. The van der Waals surface area contributed by atoms with Crippen LogP contribution in [-0.2, 0) is 0 Å². The first-order valence-electron chi connectivity index (χ1n) is 6.17. The molecule has 0 atom stereocenters. The van der Waals surface area contributed by atoms with Gasteiger partial charge in [0.1, 0.15) is 0 Å². The van der Waals surface area contributed by atoms with E-state index in [1.54, 1.807) is 18.2 Å². The third-order valence-corrected chi connectivity index (χ3v) is 3.77. The topological polar surface area (TPSA) is 54.4 Å². The van der Waals surface area contributed by atoms with Crippen LogP contribution in [0.5, 0.6) is 0 Å². The summed E-state index contributed by atoms with van der Waals surface area (Å²) in [7, 11) is 0. The molecule has 1 aliphatic rings. The van der Waals surface area contributed by atoms with E-state index in [4.69, 9.17) is 11.6 Å². The van der Waals surface area contributed by atoms with E-state index in [1.165, 1.54) is 6.42 Å². The van der Waals surface area contributed by atoms with Gasteiger partial charge in [0.05, 0.1) is 5.56 Å². The van der Waals surface area contributed by atoms with Crippen LogP contribution < -0.4 is 0 Å². The first-order valence-corrected chi connectivity index (χ1v) is 6.55. The van der Waals surface area contributed by atoms with Crippen LogP contribution in [0, 0.1) is 0 Å². The van der Waals surface area contributed by atoms with E-state index >= 15 is 0 Å². The molecule has 1 N–H and O–H groups in total. The van der Waals surface area contributed by atoms with Gasteiger partial charge in [0.15, 0.2) is 0 Å². The largest absolute Gasteiger partial charge is 0.478 e. The average Bonchev–Trinajstić information content (AvgIpc) is 2.38. The third-order valence-electron chi connectivity index (χ3n) is 3.56. The molecule has 0 unspecified atom stereocenters. The van der Waals surface area contributed by atoms with Gasteiger partial charge in [-0.3, -0.25) is 4.79 Å². The molecule has 0 radical (unpaired) electrons. The zero-order valence-electron chi connectivity index (χ0n) is 9.99. The fourth-order valence-corrected chi connectivity index (χ4v) is 2.92. The second-order valence-electron chi connectivity index (χ2n) is 4.68. The Hall–Kier alpha value is -1.35. The van der Waals surface area contributed by atoms with Gasteiger partial charge in [0.2, 0.25) is 0 Å². The number of carboxylic acids is 1. The van der Waals surface area contributed by atoms with Crippen molar-refractivity contribution in [1.29, 1.82) is 0 Å². The minimum Gasteiger partial charge on any atom is -0.478 e. The number of rotatable bonds is 3. The monoisotopic (exact) mass is 266 g/mol. The molecule has 1 aliphatic carbocycles. The van der Waals surface area contributed by atoms with Gasteiger partial charge in [-0.05, 0) is 48.1 Å². The van der Waals surface area contributed by atoms with E-state index in [-0.39, 0.29) is 11.5 Å². The first-order chi connectivity index (χ1) is 8.61. The lowest BCUT2D eigenvalue weighted by atomic mass is 9.80. The number of benzene rings is 1. The molecule has 1 saturated carbocycles. The van der Waals surface area contributed by atoms with Crippen LogP contribution in [-0.4, -0.2) is 16.3 Å². The number of carbonyl (C=O) groups is 2. The quantitative estimate of drug-likeness (QED) is 0.847. The molecular formula is C14H15ClO3. The van der Waals surface area contributed by atoms with Crippen LogP contribution in [0.4, 0.5) is 0 Å². The summed E-state index contributed by atoms with van der Waals surface area (Å²) in [5.74, 6) is -0.848. The van der Waals surface area contributed by atoms with Crippen molar-refractivity contribution in [3.63, 3.8) is 0 Å². The molecule has 0 amide bonds. The van der Waals surface area contributed by atoms with Gasteiger partial charge in [-0.1, -0.05) is 25.3 Å². The molecule has 2 rings (SSSR count). The van der Waals surface area contributed by atoms with Crippen molar-refractivity contribution in [3.8, 4) is 0 Å². The van der Waals surface area contributed by atoms with Crippen LogP contribution in [0.15, 0.2) is 18.2 Å². The predicted octanol–water partition coefficient (Wildman–Crippen LogP) is 3.81. The Morgan fingerprint density at radius 1 is 1.11 bits per heavy atom.